The van der Waals surface area contributed by atoms with Gasteiger partial charge in [-0.15, -0.1) is 0 Å². The van der Waals surface area contributed by atoms with Crippen LogP contribution in [0.4, 0.5) is 0 Å². The van der Waals surface area contributed by atoms with Crippen molar-refractivity contribution in [2.45, 2.75) is 0 Å². The van der Waals surface area contributed by atoms with Gasteiger partial charge >= 0.3 is 0 Å². The first-order valence-electron chi connectivity index (χ1n) is 21.0. The molecule has 0 amide bonds. The van der Waals surface area contributed by atoms with E-state index < -0.39 is 0 Å². The molecule has 11 aromatic rings. The van der Waals surface area contributed by atoms with Gasteiger partial charge in [0.05, 0.1) is 22.6 Å². The molecule has 0 radical (unpaired) electrons. The average Bonchev–Trinajstić information content (AvgIpc) is 3.37. The third-order valence-corrected chi connectivity index (χ3v) is 11.7. The lowest BCUT2D eigenvalue weighted by Crippen LogP contribution is -1.97. The van der Waals surface area contributed by atoms with Crippen LogP contribution in [0.2, 0.25) is 0 Å². The minimum Gasteiger partial charge on any atom is -0.248 e. The van der Waals surface area contributed by atoms with Crippen LogP contribution >= 0.6 is 0 Å². The molecule has 0 saturated heterocycles. The van der Waals surface area contributed by atoms with Crippen molar-refractivity contribution in [3.63, 3.8) is 0 Å². The highest BCUT2D eigenvalue weighted by Gasteiger charge is 2.18. The van der Waals surface area contributed by atoms with E-state index in [1.807, 2.05) is 6.07 Å². The second kappa shape index (κ2) is 16.1. The number of benzene rings is 9. The van der Waals surface area contributed by atoms with Crippen LogP contribution < -0.4 is 0 Å². The Morgan fingerprint density at radius 2 is 0.645 bits per heavy atom. The van der Waals surface area contributed by atoms with Gasteiger partial charge in [0.1, 0.15) is 0 Å². The predicted octanol–water partition coefficient (Wildman–Crippen LogP) is 15.5. The molecule has 9 aromatic carbocycles. The SMILES string of the molecule is c1ccc(-c2cccc(-c3cc(-c4cccc(-c5cc6nc(-c7ccccc7)cc(-c7ccccc7)c6c6ccccc56)c4)nc(-c4cccc(-c5ccccc5)c4)n3)c2)cc1. The van der Waals surface area contributed by atoms with Gasteiger partial charge in [0.15, 0.2) is 5.82 Å². The highest BCUT2D eigenvalue weighted by Crippen LogP contribution is 2.42. The molecule has 62 heavy (non-hydrogen) atoms. The Kier molecular flexibility index (Phi) is 9.53. The summed E-state index contributed by atoms with van der Waals surface area (Å²) < 4.78 is 0. The molecule has 0 aliphatic heterocycles. The van der Waals surface area contributed by atoms with Gasteiger partial charge in [-0.3, -0.25) is 0 Å². The number of rotatable bonds is 8. The Morgan fingerprint density at radius 3 is 1.24 bits per heavy atom. The van der Waals surface area contributed by atoms with E-state index in [0.717, 1.165) is 89.2 Å². The topological polar surface area (TPSA) is 38.7 Å². The molecule has 2 aromatic heterocycles. The largest absolute Gasteiger partial charge is 0.248 e. The average molecular weight is 790 g/mol. The van der Waals surface area contributed by atoms with Gasteiger partial charge in [-0.05, 0) is 91.7 Å². The van der Waals surface area contributed by atoms with Crippen LogP contribution in [-0.2, 0) is 0 Å². The van der Waals surface area contributed by atoms with Crippen molar-refractivity contribution in [3.05, 3.63) is 237 Å². The van der Waals surface area contributed by atoms with Crippen molar-refractivity contribution in [2.24, 2.45) is 0 Å². The van der Waals surface area contributed by atoms with Crippen LogP contribution in [0.25, 0.3) is 111 Å². The zero-order chi connectivity index (χ0) is 41.2. The zero-order valence-corrected chi connectivity index (χ0v) is 33.9. The second-order valence-electron chi connectivity index (χ2n) is 15.6. The minimum atomic E-state index is 0.674. The summed E-state index contributed by atoms with van der Waals surface area (Å²) in [6.07, 6.45) is 0. The third kappa shape index (κ3) is 7.12. The number of hydrogen-bond acceptors (Lipinski definition) is 3. The Balaban J connectivity index is 1.09. The van der Waals surface area contributed by atoms with Crippen LogP contribution in [-0.4, -0.2) is 15.0 Å². The Hall–Kier alpha value is -8.27. The zero-order valence-electron chi connectivity index (χ0n) is 33.9. The highest BCUT2D eigenvalue weighted by molar-refractivity contribution is 6.18. The van der Waals surface area contributed by atoms with Crippen molar-refractivity contribution >= 4 is 21.7 Å². The molecule has 0 aliphatic rings. The lowest BCUT2D eigenvalue weighted by molar-refractivity contribution is 1.18. The molecular formula is C59H39N3. The van der Waals surface area contributed by atoms with E-state index in [9.17, 15) is 0 Å². The normalized spacial score (nSPS) is 11.2. The first-order valence-corrected chi connectivity index (χ1v) is 21.0. The van der Waals surface area contributed by atoms with E-state index in [2.05, 4.69) is 231 Å². The molecule has 0 N–H and O–H groups in total. The van der Waals surface area contributed by atoms with E-state index in [4.69, 9.17) is 15.0 Å². The van der Waals surface area contributed by atoms with Gasteiger partial charge in [0.2, 0.25) is 0 Å². The predicted molar refractivity (Wildman–Crippen MR) is 258 cm³/mol. The molecule has 0 bridgehead atoms. The lowest BCUT2D eigenvalue weighted by Gasteiger charge is -2.16. The van der Waals surface area contributed by atoms with Crippen LogP contribution in [0, 0.1) is 0 Å². The van der Waals surface area contributed by atoms with E-state index in [1.165, 1.54) is 16.3 Å². The molecule has 290 valence electrons. The maximum atomic E-state index is 5.38. The molecule has 0 aliphatic carbocycles. The fourth-order valence-corrected chi connectivity index (χ4v) is 8.62. The first kappa shape index (κ1) is 36.8. The molecular weight excluding hydrogens is 751 g/mol. The van der Waals surface area contributed by atoms with Crippen LogP contribution in [0.1, 0.15) is 0 Å². The van der Waals surface area contributed by atoms with Crippen molar-refractivity contribution in [2.75, 3.05) is 0 Å². The third-order valence-electron chi connectivity index (χ3n) is 11.7. The molecule has 3 nitrogen and oxygen atoms in total. The Morgan fingerprint density at radius 1 is 0.226 bits per heavy atom. The van der Waals surface area contributed by atoms with Crippen molar-refractivity contribution < 1.29 is 0 Å². The van der Waals surface area contributed by atoms with Crippen LogP contribution in [0.5, 0.6) is 0 Å². The number of hydrogen-bond donors (Lipinski definition) is 0. The summed E-state index contributed by atoms with van der Waals surface area (Å²) in [5, 5.41) is 3.48. The van der Waals surface area contributed by atoms with Gasteiger partial charge in [-0.1, -0.05) is 200 Å². The van der Waals surface area contributed by atoms with Crippen molar-refractivity contribution in [1.29, 1.82) is 0 Å². The summed E-state index contributed by atoms with van der Waals surface area (Å²) in [6, 6.07) is 83.4. The second-order valence-corrected chi connectivity index (χ2v) is 15.6. The number of nitrogens with zero attached hydrogens (tertiary/aromatic N) is 3. The molecule has 0 unspecified atom stereocenters. The maximum Gasteiger partial charge on any atom is 0.160 e. The highest BCUT2D eigenvalue weighted by atomic mass is 14.9. The smallest absolute Gasteiger partial charge is 0.160 e. The first-order chi connectivity index (χ1) is 30.7. The Bertz CT molecular complexity index is 3280. The van der Waals surface area contributed by atoms with E-state index in [0.29, 0.717) is 5.82 Å². The van der Waals surface area contributed by atoms with Gasteiger partial charge in [0.25, 0.3) is 0 Å². The molecule has 0 atom stereocenters. The Labute approximate surface area is 361 Å². The van der Waals surface area contributed by atoms with E-state index in [1.54, 1.807) is 0 Å². The van der Waals surface area contributed by atoms with Gasteiger partial charge in [0, 0.05) is 27.6 Å². The van der Waals surface area contributed by atoms with Crippen molar-refractivity contribution in [1.82, 2.24) is 15.0 Å². The van der Waals surface area contributed by atoms with Crippen molar-refractivity contribution in [3.8, 4) is 89.7 Å². The number of fused-ring (bicyclic) bond motifs is 3. The summed E-state index contributed by atoms with van der Waals surface area (Å²) in [5.74, 6) is 0.674. The summed E-state index contributed by atoms with van der Waals surface area (Å²) in [7, 11) is 0. The molecule has 3 heteroatoms. The summed E-state index contributed by atoms with van der Waals surface area (Å²) in [5.41, 5.74) is 16.8. The van der Waals surface area contributed by atoms with Crippen LogP contribution in [0.15, 0.2) is 237 Å². The molecule has 11 rings (SSSR count). The summed E-state index contributed by atoms with van der Waals surface area (Å²) in [6.45, 7) is 0. The fraction of sp³-hybridized carbons (Fsp3) is 0. The van der Waals surface area contributed by atoms with Crippen LogP contribution in [0.3, 0.4) is 0 Å². The summed E-state index contributed by atoms with van der Waals surface area (Å²) in [4.78, 5) is 16.0. The quantitative estimate of drug-likeness (QED) is 0.144. The van der Waals surface area contributed by atoms with Gasteiger partial charge in [-0.2, -0.15) is 0 Å². The molecule has 0 fully saturated rings. The standard InChI is InChI=1S/C59H39N3/c1-5-18-40(19-6-1)44-26-15-29-47(34-44)55-39-56(62-59(61-55)49-31-16-27-45(35-49)41-20-7-2-8-21-41)48-30-17-28-46(36-48)52-37-57-58(51-33-14-13-32-50(51)52)53(42-22-9-3-10-23-42)38-54(60-57)43-24-11-4-12-25-43/h1-39H. The minimum absolute atomic E-state index is 0.674. The maximum absolute atomic E-state index is 5.38. The molecule has 0 saturated carbocycles. The van der Waals surface area contributed by atoms with Gasteiger partial charge in [-0.25, -0.2) is 15.0 Å². The lowest BCUT2D eigenvalue weighted by atomic mass is 9.90. The monoisotopic (exact) mass is 789 g/mol. The number of aromatic nitrogens is 3. The van der Waals surface area contributed by atoms with E-state index >= 15 is 0 Å². The summed E-state index contributed by atoms with van der Waals surface area (Å²) >= 11 is 0. The van der Waals surface area contributed by atoms with E-state index in [-0.39, 0.29) is 0 Å². The molecule has 2 heterocycles. The van der Waals surface area contributed by atoms with Gasteiger partial charge < -0.3 is 0 Å². The molecule has 0 spiro atoms. The number of pyridine rings is 1. The fourth-order valence-electron chi connectivity index (χ4n) is 8.62.